The Hall–Kier alpha value is -1.30. The zero-order chi connectivity index (χ0) is 17.0. The van der Waals surface area contributed by atoms with Gasteiger partial charge in [-0.1, -0.05) is 0 Å². The number of benzene rings is 1. The average molecular weight is 335 g/mol. The molecule has 0 amide bonds. The molecular weight excluding hydrogens is 306 g/mol. The molecule has 2 aliphatic heterocycles. The molecule has 1 N–H and O–H groups in total. The largest absolute Gasteiger partial charge is 0.486 e. The molecule has 0 radical (unpaired) electrons. The highest BCUT2D eigenvalue weighted by Crippen LogP contribution is 2.36. The summed E-state index contributed by atoms with van der Waals surface area (Å²) in [7, 11) is 1.73. The standard InChI is InChI=1S/C19H29NO4/c1-15-10-17-18(24-9-8-23-17)11-16(15)12-20-6-3-4-19(13-20,14-21)5-7-22-2/h10-11,21H,3-9,12-14H2,1-2H3/t19-/m0/s1. The summed E-state index contributed by atoms with van der Waals surface area (Å²) in [4.78, 5) is 2.45. The molecule has 0 saturated carbocycles. The number of ether oxygens (including phenoxy) is 3. The maximum absolute atomic E-state index is 9.95. The molecule has 0 unspecified atom stereocenters. The average Bonchev–Trinajstić information content (AvgIpc) is 2.61. The molecule has 0 spiro atoms. The molecule has 5 heteroatoms. The van der Waals surface area contributed by atoms with Gasteiger partial charge in [0.15, 0.2) is 11.5 Å². The van der Waals surface area contributed by atoms with E-state index in [4.69, 9.17) is 14.2 Å². The summed E-state index contributed by atoms with van der Waals surface area (Å²) in [5.74, 6) is 1.71. The van der Waals surface area contributed by atoms with Crippen molar-refractivity contribution >= 4 is 0 Å². The topological polar surface area (TPSA) is 51.2 Å². The van der Waals surface area contributed by atoms with Gasteiger partial charge in [0.2, 0.25) is 0 Å². The predicted molar refractivity (Wildman–Crippen MR) is 92.7 cm³/mol. The molecule has 24 heavy (non-hydrogen) atoms. The molecular formula is C19H29NO4. The predicted octanol–water partition coefficient (Wildman–Crippen LogP) is 2.38. The molecule has 1 saturated heterocycles. The van der Waals surface area contributed by atoms with Gasteiger partial charge in [-0.3, -0.25) is 4.90 Å². The molecule has 134 valence electrons. The second-order valence-corrected chi connectivity index (χ2v) is 7.14. The number of likely N-dealkylation sites (tertiary alicyclic amines) is 1. The van der Waals surface area contributed by atoms with Gasteiger partial charge in [-0.15, -0.1) is 0 Å². The van der Waals surface area contributed by atoms with Crippen LogP contribution in [-0.2, 0) is 11.3 Å². The molecule has 1 fully saturated rings. The Kier molecular flexibility index (Phi) is 5.64. The fourth-order valence-corrected chi connectivity index (χ4v) is 3.82. The van der Waals surface area contributed by atoms with Crippen LogP contribution in [0, 0.1) is 12.3 Å². The van der Waals surface area contributed by atoms with Crippen LogP contribution in [0.25, 0.3) is 0 Å². The summed E-state index contributed by atoms with van der Waals surface area (Å²) in [6, 6.07) is 4.20. The monoisotopic (exact) mass is 335 g/mol. The Labute approximate surface area is 144 Å². The quantitative estimate of drug-likeness (QED) is 0.865. The van der Waals surface area contributed by atoms with Crippen molar-refractivity contribution in [2.45, 2.75) is 32.7 Å². The summed E-state index contributed by atoms with van der Waals surface area (Å²) < 4.78 is 16.6. The first-order valence-corrected chi connectivity index (χ1v) is 8.87. The zero-order valence-corrected chi connectivity index (χ0v) is 14.8. The number of piperidine rings is 1. The van der Waals surface area contributed by atoms with Gasteiger partial charge in [0.1, 0.15) is 13.2 Å². The Morgan fingerprint density at radius 3 is 2.71 bits per heavy atom. The lowest BCUT2D eigenvalue weighted by Crippen LogP contribution is -2.45. The molecule has 5 nitrogen and oxygen atoms in total. The third-order valence-corrected chi connectivity index (χ3v) is 5.31. The number of methoxy groups -OCH3 is 1. The van der Waals surface area contributed by atoms with Crippen LogP contribution in [0.3, 0.4) is 0 Å². The number of hydrogen-bond donors (Lipinski definition) is 1. The van der Waals surface area contributed by atoms with Crippen molar-refractivity contribution in [1.29, 1.82) is 0 Å². The lowest BCUT2D eigenvalue weighted by atomic mass is 9.78. The van der Waals surface area contributed by atoms with E-state index in [0.717, 1.165) is 50.4 Å². The summed E-state index contributed by atoms with van der Waals surface area (Å²) >= 11 is 0. The zero-order valence-electron chi connectivity index (χ0n) is 14.8. The van der Waals surface area contributed by atoms with Crippen molar-refractivity contribution in [2.24, 2.45) is 5.41 Å². The van der Waals surface area contributed by atoms with Gasteiger partial charge in [-0.05, 0) is 56.0 Å². The van der Waals surface area contributed by atoms with Gasteiger partial charge in [0.25, 0.3) is 0 Å². The minimum atomic E-state index is -0.0318. The Morgan fingerprint density at radius 2 is 2.00 bits per heavy atom. The maximum Gasteiger partial charge on any atom is 0.161 e. The number of nitrogens with zero attached hydrogens (tertiary/aromatic N) is 1. The molecule has 0 bridgehead atoms. The van der Waals surface area contributed by atoms with E-state index in [9.17, 15) is 5.11 Å². The highest BCUT2D eigenvalue weighted by molar-refractivity contribution is 5.47. The number of hydrogen-bond acceptors (Lipinski definition) is 5. The Bertz CT molecular complexity index is 563. The second-order valence-electron chi connectivity index (χ2n) is 7.14. The highest BCUT2D eigenvalue weighted by Gasteiger charge is 2.34. The van der Waals surface area contributed by atoms with Crippen molar-refractivity contribution in [2.75, 3.05) is 46.6 Å². The van der Waals surface area contributed by atoms with Gasteiger partial charge >= 0.3 is 0 Å². The van der Waals surface area contributed by atoms with Crippen LogP contribution >= 0.6 is 0 Å². The van der Waals surface area contributed by atoms with Crippen LogP contribution in [0.2, 0.25) is 0 Å². The van der Waals surface area contributed by atoms with E-state index in [1.807, 2.05) is 0 Å². The van der Waals surface area contributed by atoms with E-state index in [1.54, 1.807) is 7.11 Å². The van der Waals surface area contributed by atoms with Crippen LogP contribution in [0.15, 0.2) is 12.1 Å². The molecule has 1 atom stereocenters. The molecule has 0 aliphatic carbocycles. The van der Waals surface area contributed by atoms with Gasteiger partial charge in [-0.2, -0.15) is 0 Å². The van der Waals surface area contributed by atoms with Gasteiger partial charge in [0, 0.05) is 32.2 Å². The maximum atomic E-state index is 9.95. The third-order valence-electron chi connectivity index (χ3n) is 5.31. The third kappa shape index (κ3) is 3.85. The summed E-state index contributed by atoms with van der Waals surface area (Å²) in [5, 5.41) is 9.95. The van der Waals surface area contributed by atoms with Crippen molar-refractivity contribution in [3.8, 4) is 11.5 Å². The summed E-state index contributed by atoms with van der Waals surface area (Å²) in [6.45, 7) is 7.17. The molecule has 1 aromatic rings. The van der Waals surface area contributed by atoms with E-state index in [2.05, 4.69) is 24.0 Å². The SMILES string of the molecule is COCC[C@@]1(CO)CCCN(Cc2cc3c(cc2C)OCCO3)C1. The number of fused-ring (bicyclic) bond motifs is 1. The minimum absolute atomic E-state index is 0.0318. The van der Waals surface area contributed by atoms with Gasteiger partial charge < -0.3 is 19.3 Å². The molecule has 3 rings (SSSR count). The number of aliphatic hydroxyl groups excluding tert-OH is 1. The lowest BCUT2D eigenvalue weighted by molar-refractivity contribution is 0.00466. The molecule has 1 aromatic carbocycles. The lowest BCUT2D eigenvalue weighted by Gasteiger charge is -2.42. The fourth-order valence-electron chi connectivity index (χ4n) is 3.82. The van der Waals surface area contributed by atoms with E-state index in [1.165, 1.54) is 11.1 Å². The summed E-state index contributed by atoms with van der Waals surface area (Å²) in [6.07, 6.45) is 3.11. The van der Waals surface area contributed by atoms with E-state index >= 15 is 0 Å². The molecule has 2 aliphatic rings. The first-order valence-electron chi connectivity index (χ1n) is 8.87. The fraction of sp³-hybridized carbons (Fsp3) is 0.684. The van der Waals surface area contributed by atoms with Crippen molar-refractivity contribution in [3.63, 3.8) is 0 Å². The van der Waals surface area contributed by atoms with Crippen LogP contribution in [0.4, 0.5) is 0 Å². The van der Waals surface area contributed by atoms with Crippen LogP contribution in [-0.4, -0.2) is 56.6 Å². The first kappa shape index (κ1) is 17.5. The van der Waals surface area contributed by atoms with Crippen molar-refractivity contribution < 1.29 is 19.3 Å². The summed E-state index contributed by atoms with van der Waals surface area (Å²) in [5.41, 5.74) is 2.48. The second kappa shape index (κ2) is 7.72. The highest BCUT2D eigenvalue weighted by atomic mass is 16.6. The van der Waals surface area contributed by atoms with Crippen molar-refractivity contribution in [3.05, 3.63) is 23.3 Å². The van der Waals surface area contributed by atoms with Gasteiger partial charge in [-0.25, -0.2) is 0 Å². The number of aliphatic hydroxyl groups is 1. The van der Waals surface area contributed by atoms with Gasteiger partial charge in [0.05, 0.1) is 6.61 Å². The van der Waals surface area contributed by atoms with Crippen LogP contribution in [0.5, 0.6) is 11.5 Å². The first-order chi connectivity index (χ1) is 11.7. The van der Waals surface area contributed by atoms with E-state index in [-0.39, 0.29) is 12.0 Å². The Morgan fingerprint density at radius 1 is 1.25 bits per heavy atom. The van der Waals surface area contributed by atoms with Crippen molar-refractivity contribution in [1.82, 2.24) is 4.90 Å². The van der Waals surface area contributed by atoms with Crippen LogP contribution in [0.1, 0.15) is 30.4 Å². The van der Waals surface area contributed by atoms with Crippen LogP contribution < -0.4 is 9.47 Å². The normalized spacial score (nSPS) is 24.1. The van der Waals surface area contributed by atoms with E-state index in [0.29, 0.717) is 19.8 Å². The molecule has 2 heterocycles. The smallest absolute Gasteiger partial charge is 0.161 e. The number of rotatable bonds is 6. The van der Waals surface area contributed by atoms with E-state index < -0.39 is 0 Å². The molecule has 0 aromatic heterocycles. The number of aryl methyl sites for hydroxylation is 1. The minimum Gasteiger partial charge on any atom is -0.486 e. The Balaban J connectivity index is 1.71.